The van der Waals surface area contributed by atoms with Crippen LogP contribution in [0.25, 0.3) is 11.1 Å². The van der Waals surface area contributed by atoms with E-state index in [-0.39, 0.29) is 28.4 Å². The number of fused-ring (bicyclic) bond motifs is 1. The second kappa shape index (κ2) is 7.92. The minimum Gasteiger partial charge on any atom is -0.454 e. The summed E-state index contributed by atoms with van der Waals surface area (Å²) in [6, 6.07) is 16.4. The van der Waals surface area contributed by atoms with Crippen LogP contribution in [0.15, 0.2) is 60.7 Å². The first kappa shape index (κ1) is 21.5. The van der Waals surface area contributed by atoms with Gasteiger partial charge in [-0.1, -0.05) is 30.3 Å². The normalized spacial score (nSPS) is 16.0. The van der Waals surface area contributed by atoms with E-state index in [9.17, 15) is 18.0 Å². The van der Waals surface area contributed by atoms with Crippen molar-refractivity contribution in [3.63, 3.8) is 0 Å². The van der Waals surface area contributed by atoms with Crippen LogP contribution in [0.5, 0.6) is 11.5 Å². The fourth-order valence-electron chi connectivity index (χ4n) is 4.40. The van der Waals surface area contributed by atoms with Crippen LogP contribution in [0.1, 0.15) is 37.9 Å². The second-order valence-corrected chi connectivity index (χ2v) is 8.57. The average Bonchev–Trinajstić information content (AvgIpc) is 3.49. The highest BCUT2D eigenvalue weighted by atomic mass is 19.4. The first-order valence-electron chi connectivity index (χ1n) is 10.7. The van der Waals surface area contributed by atoms with Gasteiger partial charge in [-0.05, 0) is 71.0 Å². The second-order valence-electron chi connectivity index (χ2n) is 8.57. The van der Waals surface area contributed by atoms with Gasteiger partial charge in [-0.3, -0.25) is 4.79 Å². The Bertz CT molecular complexity index is 1240. The van der Waals surface area contributed by atoms with E-state index < -0.39 is 17.2 Å². The van der Waals surface area contributed by atoms with Crippen molar-refractivity contribution in [1.29, 1.82) is 0 Å². The fraction of sp³-hybridized carbons (Fsp3) is 0.269. The van der Waals surface area contributed by atoms with Crippen LogP contribution in [0.4, 0.5) is 13.2 Å². The number of carbonyl (C=O) groups is 1. The van der Waals surface area contributed by atoms with E-state index in [1.54, 1.807) is 30.3 Å². The lowest BCUT2D eigenvalue weighted by molar-refractivity contribution is -0.137. The lowest BCUT2D eigenvalue weighted by atomic mass is 9.86. The third kappa shape index (κ3) is 4.09. The topological polar surface area (TPSA) is 61.6 Å². The number of nitrogens with two attached hydrogens (primary N) is 1. The summed E-state index contributed by atoms with van der Waals surface area (Å²) in [7, 11) is 0. The Labute approximate surface area is 192 Å². The molecule has 0 unspecified atom stereocenters. The van der Waals surface area contributed by atoms with Crippen LogP contribution in [-0.2, 0) is 29.4 Å². The molecule has 3 aromatic carbocycles. The summed E-state index contributed by atoms with van der Waals surface area (Å²) >= 11 is 0. The number of rotatable bonds is 6. The van der Waals surface area contributed by atoms with Crippen molar-refractivity contribution >= 4 is 5.78 Å². The number of halogens is 3. The molecule has 0 spiro atoms. The molecule has 7 heteroatoms. The summed E-state index contributed by atoms with van der Waals surface area (Å²) in [5.41, 5.74) is 7.27. The van der Waals surface area contributed by atoms with Gasteiger partial charge in [0.1, 0.15) is 5.78 Å². The predicted molar refractivity (Wildman–Crippen MR) is 121 cm³/mol. The number of benzene rings is 3. The molecule has 0 bridgehead atoms. The molecule has 1 aliphatic heterocycles. The number of alkyl halides is 3. The summed E-state index contributed by atoms with van der Waals surface area (Å²) in [6.45, 7) is 0.425. The Hall–Kier alpha value is -3.32. The Balaban J connectivity index is 0.00000171. The molecule has 1 heterocycles. The molecule has 1 saturated carbocycles. The Morgan fingerprint density at radius 3 is 2.42 bits per heavy atom. The van der Waals surface area contributed by atoms with Crippen molar-refractivity contribution in [3.8, 4) is 22.6 Å². The van der Waals surface area contributed by atoms with Gasteiger partial charge < -0.3 is 15.2 Å². The van der Waals surface area contributed by atoms with Gasteiger partial charge in [-0.2, -0.15) is 13.2 Å². The molecule has 0 radical (unpaired) electrons. The largest absolute Gasteiger partial charge is 0.454 e. The number of hydrogen-bond acceptors (Lipinski definition) is 4. The molecule has 174 valence electrons. The van der Waals surface area contributed by atoms with Crippen molar-refractivity contribution in [2.45, 2.75) is 37.4 Å². The zero-order valence-corrected chi connectivity index (χ0v) is 17.7. The van der Waals surface area contributed by atoms with Crippen molar-refractivity contribution in [2.24, 2.45) is 5.73 Å². The van der Waals surface area contributed by atoms with Gasteiger partial charge in [0.2, 0.25) is 6.79 Å². The molecule has 4 nitrogen and oxygen atoms in total. The highest BCUT2D eigenvalue weighted by Crippen LogP contribution is 2.51. The maximum absolute atomic E-state index is 13.7. The van der Waals surface area contributed by atoms with Gasteiger partial charge >= 0.3 is 6.18 Å². The summed E-state index contributed by atoms with van der Waals surface area (Å²) in [5, 5.41) is 0. The van der Waals surface area contributed by atoms with Crippen LogP contribution >= 0.6 is 0 Å². The first-order chi connectivity index (χ1) is 15.8. The molecule has 33 heavy (non-hydrogen) atoms. The summed E-state index contributed by atoms with van der Waals surface area (Å²) in [5.74, 6) is 1.12. The van der Waals surface area contributed by atoms with E-state index in [2.05, 4.69) is 0 Å². The molecular weight excluding hydrogens is 431 g/mol. The lowest BCUT2D eigenvalue weighted by Crippen LogP contribution is -2.22. The minimum atomic E-state index is -4.52. The van der Waals surface area contributed by atoms with Gasteiger partial charge in [0, 0.05) is 15.8 Å². The highest BCUT2D eigenvalue weighted by Gasteiger charge is 2.51. The Morgan fingerprint density at radius 1 is 0.939 bits per heavy atom. The third-order valence-corrected chi connectivity index (χ3v) is 6.39. The monoisotopic (exact) mass is 457 g/mol. The van der Waals surface area contributed by atoms with Crippen LogP contribution < -0.4 is 15.2 Å². The van der Waals surface area contributed by atoms with E-state index in [0.29, 0.717) is 41.0 Å². The molecule has 0 amide bonds. The molecule has 2 N–H and O–H groups in total. The number of ketones is 1. The van der Waals surface area contributed by atoms with Crippen molar-refractivity contribution < 1.29 is 30.3 Å². The highest BCUT2D eigenvalue weighted by molar-refractivity contribution is 5.95. The van der Waals surface area contributed by atoms with Crippen LogP contribution in [-0.4, -0.2) is 12.6 Å². The summed E-state index contributed by atoms with van der Waals surface area (Å²) < 4.78 is 51.7. The van der Waals surface area contributed by atoms with E-state index in [1.165, 1.54) is 0 Å². The molecule has 5 rings (SSSR count). The molecule has 0 aromatic heterocycles. The van der Waals surface area contributed by atoms with Gasteiger partial charge in [0.25, 0.3) is 0 Å². The Kier molecular flexibility index (Phi) is 5.16. The third-order valence-electron chi connectivity index (χ3n) is 6.39. The molecular formula is C26H26F3NO3. The number of hydrogen-bond donors (Lipinski definition) is 1. The number of carbonyl (C=O) groups excluding carboxylic acids is 1. The van der Waals surface area contributed by atoms with E-state index in [4.69, 9.17) is 15.2 Å². The maximum atomic E-state index is 13.7. The Morgan fingerprint density at radius 2 is 1.70 bits per heavy atom. The number of Topliss-reactive ketones (excluding diaryl/α,β-unsaturated/α-hetero) is 1. The van der Waals surface area contributed by atoms with E-state index >= 15 is 0 Å². The van der Waals surface area contributed by atoms with Crippen LogP contribution in [0.2, 0.25) is 0 Å². The maximum Gasteiger partial charge on any atom is 0.416 e. The molecule has 0 atom stereocenters. The van der Waals surface area contributed by atoms with Gasteiger partial charge in [-0.25, -0.2) is 0 Å². The fourth-order valence-corrected chi connectivity index (χ4v) is 4.40. The minimum absolute atomic E-state index is 0. The first-order valence-corrected chi connectivity index (χ1v) is 10.7. The lowest BCUT2D eigenvalue weighted by Gasteiger charge is -2.17. The van der Waals surface area contributed by atoms with Crippen molar-refractivity contribution in [1.82, 2.24) is 0 Å². The molecule has 3 aromatic rings. The van der Waals surface area contributed by atoms with Crippen molar-refractivity contribution in [2.75, 3.05) is 6.79 Å². The average molecular weight is 457 g/mol. The zero-order valence-electron chi connectivity index (χ0n) is 17.7. The standard InChI is InChI=1S/C26H22F3NO3.2H2/c27-26(28,29)21-10-17(9-19(12-21)18-3-1-2-16(8-18)14-30)11-24(31)25(6-7-25)20-4-5-22-23(13-20)33-15-32-22;;/h1-5,8-10,12-13H,6-7,11,14-15,30H2;2*1H. The van der Waals surface area contributed by atoms with Gasteiger partial charge in [-0.15, -0.1) is 0 Å². The van der Waals surface area contributed by atoms with E-state index in [1.807, 2.05) is 18.2 Å². The summed E-state index contributed by atoms with van der Waals surface area (Å²) in [6.07, 6.45) is -3.28. The quantitative estimate of drug-likeness (QED) is 0.501. The van der Waals surface area contributed by atoms with Crippen LogP contribution in [0, 0.1) is 0 Å². The summed E-state index contributed by atoms with van der Waals surface area (Å²) in [4.78, 5) is 13.3. The molecule has 1 aliphatic carbocycles. The van der Waals surface area contributed by atoms with Gasteiger partial charge in [0.05, 0.1) is 11.0 Å². The molecule has 0 saturated heterocycles. The predicted octanol–water partition coefficient (Wildman–Crippen LogP) is 5.90. The van der Waals surface area contributed by atoms with E-state index in [0.717, 1.165) is 23.3 Å². The number of ether oxygens (including phenoxy) is 2. The SMILES string of the molecule is NCc1cccc(-c2cc(CC(=O)C3(c4ccc5c(c4)OCO5)CC3)cc(C(F)(F)F)c2)c1.[HH].[HH]. The van der Waals surface area contributed by atoms with Crippen molar-refractivity contribution in [3.05, 3.63) is 82.9 Å². The van der Waals surface area contributed by atoms with Gasteiger partial charge in [0.15, 0.2) is 11.5 Å². The van der Waals surface area contributed by atoms with Crippen LogP contribution in [0.3, 0.4) is 0 Å². The molecule has 1 fully saturated rings. The zero-order chi connectivity index (χ0) is 23.2. The smallest absolute Gasteiger partial charge is 0.416 e. The molecule has 2 aliphatic rings.